The van der Waals surface area contributed by atoms with Gasteiger partial charge in [0.2, 0.25) is 0 Å². The number of esters is 1. The van der Waals surface area contributed by atoms with Gasteiger partial charge < -0.3 is 20.1 Å². The van der Waals surface area contributed by atoms with Gasteiger partial charge in [0.15, 0.2) is 6.61 Å². The Hall–Kier alpha value is -4.14. The van der Waals surface area contributed by atoms with E-state index in [-0.39, 0.29) is 12.0 Å². The lowest BCUT2D eigenvalue weighted by molar-refractivity contribution is -0.146. The van der Waals surface area contributed by atoms with E-state index in [1.54, 1.807) is 35.0 Å². The summed E-state index contributed by atoms with van der Waals surface area (Å²) in [5, 5.41) is 9.87. The second kappa shape index (κ2) is 11.3. The number of amides is 2. The van der Waals surface area contributed by atoms with E-state index < -0.39 is 24.4 Å². The Morgan fingerprint density at radius 3 is 2.37 bits per heavy atom. The van der Waals surface area contributed by atoms with Crippen molar-refractivity contribution in [3.8, 4) is 11.4 Å². The highest BCUT2D eigenvalue weighted by molar-refractivity contribution is 5.98. The number of rotatable bonds is 9. The molecule has 0 aliphatic heterocycles. The molecule has 0 aliphatic carbocycles. The summed E-state index contributed by atoms with van der Waals surface area (Å²) in [7, 11) is 0. The highest BCUT2D eigenvalue weighted by Gasteiger charge is 2.22. The van der Waals surface area contributed by atoms with E-state index in [1.165, 1.54) is 0 Å². The van der Waals surface area contributed by atoms with E-state index >= 15 is 0 Å². The predicted molar refractivity (Wildman–Crippen MR) is 132 cm³/mol. The van der Waals surface area contributed by atoms with E-state index in [0.29, 0.717) is 23.7 Å². The first-order valence-electron chi connectivity index (χ1n) is 11.3. The van der Waals surface area contributed by atoms with E-state index in [1.807, 2.05) is 58.0 Å². The maximum Gasteiger partial charge on any atom is 0.325 e. The number of ether oxygens (including phenoxy) is 2. The summed E-state index contributed by atoms with van der Waals surface area (Å²) in [4.78, 5) is 37.0. The quantitative estimate of drug-likeness (QED) is 0.456. The van der Waals surface area contributed by atoms with Crippen molar-refractivity contribution >= 4 is 23.6 Å². The molecule has 35 heavy (non-hydrogen) atoms. The van der Waals surface area contributed by atoms with Gasteiger partial charge in [-0.2, -0.15) is 5.10 Å². The molecular formula is C26H30N4O5. The Bertz CT molecular complexity index is 1180. The van der Waals surface area contributed by atoms with Crippen LogP contribution in [0.15, 0.2) is 60.7 Å². The Kier molecular flexibility index (Phi) is 8.25. The van der Waals surface area contributed by atoms with Crippen molar-refractivity contribution in [1.29, 1.82) is 0 Å². The van der Waals surface area contributed by atoms with E-state index in [4.69, 9.17) is 9.47 Å². The van der Waals surface area contributed by atoms with Crippen LogP contribution in [-0.2, 0) is 19.7 Å². The third-order valence-corrected chi connectivity index (χ3v) is 4.94. The highest BCUT2D eigenvalue weighted by atomic mass is 16.5. The number of benzene rings is 2. The van der Waals surface area contributed by atoms with Crippen molar-refractivity contribution in [3.63, 3.8) is 0 Å². The fourth-order valence-corrected chi connectivity index (χ4v) is 3.16. The van der Waals surface area contributed by atoms with Gasteiger partial charge in [-0.1, -0.05) is 51.1 Å². The molecule has 3 aromatic rings. The summed E-state index contributed by atoms with van der Waals surface area (Å²) in [5.74, 6) is -0.858. The number of hydrogen-bond donors (Lipinski definition) is 2. The molecule has 0 radical (unpaired) electrons. The SMILES string of the molecule is CCOc1ccccc1C(=O)NCC(=O)OCC(=O)Nc1cc(C(C)(C)C)nn1-c1ccccc1. The topological polar surface area (TPSA) is 112 Å². The van der Waals surface area contributed by atoms with Gasteiger partial charge in [-0.05, 0) is 31.2 Å². The summed E-state index contributed by atoms with van der Waals surface area (Å²) in [6, 6.07) is 17.9. The summed E-state index contributed by atoms with van der Waals surface area (Å²) < 4.78 is 12.1. The van der Waals surface area contributed by atoms with Crippen molar-refractivity contribution < 1.29 is 23.9 Å². The normalized spacial score (nSPS) is 11.0. The highest BCUT2D eigenvalue weighted by Crippen LogP contribution is 2.26. The van der Waals surface area contributed by atoms with Gasteiger partial charge in [0.25, 0.3) is 11.8 Å². The largest absolute Gasteiger partial charge is 0.493 e. The molecule has 1 aromatic heterocycles. The molecule has 2 N–H and O–H groups in total. The molecule has 0 atom stereocenters. The smallest absolute Gasteiger partial charge is 0.325 e. The first-order chi connectivity index (χ1) is 16.7. The average Bonchev–Trinajstić information content (AvgIpc) is 3.26. The zero-order valence-corrected chi connectivity index (χ0v) is 20.3. The molecule has 2 aromatic carbocycles. The summed E-state index contributed by atoms with van der Waals surface area (Å²) in [5.41, 5.74) is 1.66. The molecule has 0 fully saturated rings. The van der Waals surface area contributed by atoms with Crippen LogP contribution in [0.5, 0.6) is 5.75 Å². The second-order valence-electron chi connectivity index (χ2n) is 8.73. The standard InChI is InChI=1S/C26H30N4O5/c1-5-34-20-14-10-9-13-19(20)25(33)27-16-24(32)35-17-23(31)28-22-15-21(26(2,3)4)29-30(22)18-11-7-6-8-12-18/h6-15H,5,16-17H2,1-4H3,(H,27,33)(H,28,31). The van der Waals surface area contributed by atoms with E-state index in [9.17, 15) is 14.4 Å². The molecule has 0 unspecified atom stereocenters. The number of nitrogens with zero attached hydrogens (tertiary/aromatic N) is 2. The molecular weight excluding hydrogens is 448 g/mol. The van der Waals surface area contributed by atoms with Crippen LogP contribution in [0.3, 0.4) is 0 Å². The minimum atomic E-state index is -0.741. The van der Waals surface area contributed by atoms with Gasteiger partial charge >= 0.3 is 5.97 Å². The predicted octanol–water partition coefficient (Wildman–Crippen LogP) is 3.48. The summed E-state index contributed by atoms with van der Waals surface area (Å²) in [6.07, 6.45) is 0. The molecule has 0 spiro atoms. The Morgan fingerprint density at radius 1 is 1.00 bits per heavy atom. The van der Waals surface area contributed by atoms with Gasteiger partial charge in [-0.15, -0.1) is 0 Å². The van der Waals surface area contributed by atoms with Gasteiger partial charge in [0.05, 0.1) is 23.6 Å². The van der Waals surface area contributed by atoms with Crippen LogP contribution in [0, 0.1) is 0 Å². The lowest BCUT2D eigenvalue weighted by Crippen LogP contribution is -2.32. The van der Waals surface area contributed by atoms with Crippen LogP contribution in [-0.4, -0.2) is 47.3 Å². The number of anilines is 1. The molecule has 9 heteroatoms. The molecule has 0 bridgehead atoms. The molecule has 2 amide bonds. The zero-order valence-electron chi connectivity index (χ0n) is 20.3. The third kappa shape index (κ3) is 6.92. The minimum Gasteiger partial charge on any atom is -0.493 e. The van der Waals surface area contributed by atoms with Crippen LogP contribution in [0.4, 0.5) is 5.82 Å². The van der Waals surface area contributed by atoms with Gasteiger partial charge in [-0.25, -0.2) is 4.68 Å². The maximum atomic E-state index is 12.5. The maximum absolute atomic E-state index is 12.5. The molecule has 1 heterocycles. The monoisotopic (exact) mass is 478 g/mol. The fraction of sp³-hybridized carbons (Fsp3) is 0.308. The molecule has 0 saturated heterocycles. The van der Waals surface area contributed by atoms with Crippen LogP contribution < -0.4 is 15.4 Å². The molecule has 0 aliphatic rings. The Labute approximate surface area is 204 Å². The van der Waals surface area contributed by atoms with E-state index in [2.05, 4.69) is 15.7 Å². The molecule has 9 nitrogen and oxygen atoms in total. The third-order valence-electron chi connectivity index (χ3n) is 4.94. The summed E-state index contributed by atoms with van der Waals surface area (Å²) in [6.45, 7) is 7.41. The molecule has 3 rings (SSSR count). The number of aromatic nitrogens is 2. The van der Waals surface area contributed by atoms with Crippen molar-refractivity contribution in [2.45, 2.75) is 33.1 Å². The number of hydrogen-bond acceptors (Lipinski definition) is 6. The number of nitrogens with one attached hydrogen (secondary N) is 2. The average molecular weight is 479 g/mol. The Morgan fingerprint density at radius 2 is 1.69 bits per heavy atom. The molecule has 184 valence electrons. The van der Waals surface area contributed by atoms with Crippen molar-refractivity contribution in [2.75, 3.05) is 25.1 Å². The summed E-state index contributed by atoms with van der Waals surface area (Å²) >= 11 is 0. The minimum absolute atomic E-state index is 0.231. The fourth-order valence-electron chi connectivity index (χ4n) is 3.16. The first kappa shape index (κ1) is 25.5. The van der Waals surface area contributed by atoms with Crippen LogP contribution in [0.2, 0.25) is 0 Å². The molecule has 0 saturated carbocycles. The lowest BCUT2D eigenvalue weighted by Gasteiger charge is -2.14. The van der Waals surface area contributed by atoms with Gasteiger partial charge in [0.1, 0.15) is 18.1 Å². The van der Waals surface area contributed by atoms with Crippen LogP contribution in [0.1, 0.15) is 43.7 Å². The van der Waals surface area contributed by atoms with Gasteiger partial charge in [0, 0.05) is 11.5 Å². The van der Waals surface area contributed by atoms with Gasteiger partial charge in [-0.3, -0.25) is 14.4 Å². The Balaban J connectivity index is 1.57. The first-order valence-corrected chi connectivity index (χ1v) is 11.3. The van der Waals surface area contributed by atoms with Crippen molar-refractivity contribution in [3.05, 3.63) is 71.9 Å². The second-order valence-corrected chi connectivity index (χ2v) is 8.73. The van der Waals surface area contributed by atoms with Crippen LogP contribution >= 0.6 is 0 Å². The van der Waals surface area contributed by atoms with Crippen molar-refractivity contribution in [1.82, 2.24) is 15.1 Å². The number of carbonyl (C=O) groups is 3. The number of para-hydroxylation sites is 2. The van der Waals surface area contributed by atoms with Crippen LogP contribution in [0.25, 0.3) is 5.69 Å². The van der Waals surface area contributed by atoms with E-state index in [0.717, 1.165) is 11.4 Å². The lowest BCUT2D eigenvalue weighted by atomic mass is 9.92. The van der Waals surface area contributed by atoms with Crippen molar-refractivity contribution in [2.24, 2.45) is 0 Å². The zero-order chi connectivity index (χ0) is 25.4. The number of carbonyl (C=O) groups excluding carboxylic acids is 3.